The predicted molar refractivity (Wildman–Crippen MR) is 70.5 cm³/mol. The van der Waals surface area contributed by atoms with Gasteiger partial charge in [0.15, 0.2) is 0 Å². The van der Waals surface area contributed by atoms with Gasteiger partial charge in [-0.3, -0.25) is 4.79 Å². The Kier molecular flexibility index (Phi) is 5.40. The lowest BCUT2D eigenvalue weighted by Gasteiger charge is -2.29. The normalized spacial score (nSPS) is 26.2. The van der Waals surface area contributed by atoms with Crippen LogP contribution in [0.5, 0.6) is 0 Å². The van der Waals surface area contributed by atoms with Gasteiger partial charge in [-0.15, -0.1) is 0 Å². The molecule has 1 aliphatic heterocycles. The van der Waals surface area contributed by atoms with E-state index >= 15 is 0 Å². The highest BCUT2D eigenvalue weighted by Gasteiger charge is 2.29. The Labute approximate surface area is 105 Å². The van der Waals surface area contributed by atoms with Crippen LogP contribution in [-0.4, -0.2) is 36.0 Å². The summed E-state index contributed by atoms with van der Waals surface area (Å²) in [6.07, 6.45) is 6.33. The van der Waals surface area contributed by atoms with E-state index in [2.05, 4.69) is 11.8 Å². The highest BCUT2D eigenvalue weighted by molar-refractivity contribution is 5.84. The maximum atomic E-state index is 11.2. The van der Waals surface area contributed by atoms with Crippen LogP contribution in [-0.2, 0) is 4.79 Å². The van der Waals surface area contributed by atoms with Crippen molar-refractivity contribution in [1.82, 2.24) is 4.90 Å². The Hall–Kier alpha value is -0.610. The van der Waals surface area contributed by atoms with E-state index in [9.17, 15) is 4.79 Å². The van der Waals surface area contributed by atoms with E-state index in [-0.39, 0.29) is 0 Å². The molecule has 0 aliphatic carbocycles. The molecule has 1 heterocycles. The minimum Gasteiger partial charge on any atom is -0.368 e. The first-order valence-corrected chi connectivity index (χ1v) is 6.77. The molecule has 17 heavy (non-hydrogen) atoms. The first-order valence-electron chi connectivity index (χ1n) is 6.77. The molecule has 1 rings (SSSR count). The summed E-state index contributed by atoms with van der Waals surface area (Å²) in [6.45, 7) is 6.64. The molecule has 2 atom stereocenters. The van der Waals surface area contributed by atoms with Crippen LogP contribution in [0.3, 0.4) is 0 Å². The summed E-state index contributed by atoms with van der Waals surface area (Å²) in [7, 11) is 0. The van der Waals surface area contributed by atoms with Gasteiger partial charge >= 0.3 is 0 Å². The van der Waals surface area contributed by atoms with Gasteiger partial charge in [-0.1, -0.05) is 19.8 Å². The van der Waals surface area contributed by atoms with Crippen molar-refractivity contribution in [1.29, 1.82) is 0 Å². The average Bonchev–Trinajstić information content (AvgIpc) is 2.44. The number of rotatable bonds is 5. The van der Waals surface area contributed by atoms with E-state index in [0.717, 1.165) is 19.0 Å². The zero-order valence-electron chi connectivity index (χ0n) is 11.2. The van der Waals surface area contributed by atoms with E-state index in [1.807, 2.05) is 0 Å². The highest BCUT2D eigenvalue weighted by atomic mass is 16.1. The molecule has 0 bridgehead atoms. The molecule has 4 nitrogen and oxygen atoms in total. The lowest BCUT2D eigenvalue weighted by molar-refractivity contribution is -0.123. The van der Waals surface area contributed by atoms with Crippen molar-refractivity contribution in [2.24, 2.45) is 17.4 Å². The number of likely N-dealkylation sites (tertiary alicyclic amines) is 1. The monoisotopic (exact) mass is 241 g/mol. The number of nitrogens with zero attached hydrogens (tertiary/aromatic N) is 1. The molecule has 1 saturated heterocycles. The van der Waals surface area contributed by atoms with Crippen molar-refractivity contribution < 1.29 is 4.79 Å². The predicted octanol–water partition coefficient (Wildman–Crippen LogP) is 1.09. The molecule has 0 spiro atoms. The molecule has 0 aromatic carbocycles. The molecule has 2 unspecified atom stereocenters. The van der Waals surface area contributed by atoms with Gasteiger partial charge in [0.05, 0.1) is 0 Å². The Morgan fingerprint density at radius 3 is 2.71 bits per heavy atom. The number of carbonyl (C=O) groups is 1. The van der Waals surface area contributed by atoms with E-state index in [4.69, 9.17) is 11.5 Å². The van der Waals surface area contributed by atoms with Gasteiger partial charge in [-0.05, 0) is 45.2 Å². The molecular weight excluding hydrogens is 214 g/mol. The molecule has 1 amide bonds. The third-order valence-electron chi connectivity index (χ3n) is 3.75. The zero-order valence-corrected chi connectivity index (χ0v) is 11.2. The first kappa shape index (κ1) is 14.5. The van der Waals surface area contributed by atoms with Crippen LogP contribution < -0.4 is 11.5 Å². The van der Waals surface area contributed by atoms with Crippen molar-refractivity contribution in [3.63, 3.8) is 0 Å². The number of carbonyl (C=O) groups excluding carboxylic acids is 1. The van der Waals surface area contributed by atoms with Crippen molar-refractivity contribution >= 4 is 5.91 Å². The van der Waals surface area contributed by atoms with Crippen LogP contribution in [0.15, 0.2) is 0 Å². The zero-order chi connectivity index (χ0) is 12.9. The van der Waals surface area contributed by atoms with Gasteiger partial charge < -0.3 is 16.4 Å². The van der Waals surface area contributed by atoms with Crippen LogP contribution in [0, 0.1) is 5.92 Å². The first-order chi connectivity index (χ1) is 7.95. The number of nitrogens with two attached hydrogens (primary N) is 2. The number of hydrogen-bond acceptors (Lipinski definition) is 3. The second kappa shape index (κ2) is 6.36. The van der Waals surface area contributed by atoms with Crippen molar-refractivity contribution in [2.45, 2.75) is 51.5 Å². The summed E-state index contributed by atoms with van der Waals surface area (Å²) < 4.78 is 0. The smallest absolute Gasteiger partial charge is 0.238 e. The standard InChI is InChI=1S/C13H27N3O/c1-3-5-11-6-4-8-16(9-7-11)10-13(2,15)12(14)17/h11H,3-10,15H2,1-2H3,(H2,14,17). The topological polar surface area (TPSA) is 72.3 Å². The Bertz CT molecular complexity index is 253. The van der Waals surface area contributed by atoms with Gasteiger partial charge in [0, 0.05) is 6.54 Å². The Morgan fingerprint density at radius 2 is 2.12 bits per heavy atom. The van der Waals surface area contributed by atoms with Crippen molar-refractivity contribution in [2.75, 3.05) is 19.6 Å². The Morgan fingerprint density at radius 1 is 1.41 bits per heavy atom. The van der Waals surface area contributed by atoms with Crippen LogP contribution in [0.2, 0.25) is 0 Å². The minimum atomic E-state index is -0.898. The third-order valence-corrected chi connectivity index (χ3v) is 3.75. The lowest BCUT2D eigenvalue weighted by Crippen LogP contribution is -2.56. The fourth-order valence-corrected chi connectivity index (χ4v) is 2.62. The Balaban J connectivity index is 2.44. The van der Waals surface area contributed by atoms with Crippen LogP contribution in [0.4, 0.5) is 0 Å². The number of hydrogen-bond donors (Lipinski definition) is 2. The maximum absolute atomic E-state index is 11.2. The van der Waals surface area contributed by atoms with E-state index < -0.39 is 11.4 Å². The second-order valence-corrected chi connectivity index (χ2v) is 5.64. The van der Waals surface area contributed by atoms with Crippen molar-refractivity contribution in [3.8, 4) is 0 Å². The lowest BCUT2D eigenvalue weighted by atomic mass is 9.96. The molecule has 0 aromatic rings. The molecule has 1 fully saturated rings. The quantitative estimate of drug-likeness (QED) is 0.757. The molecule has 0 radical (unpaired) electrons. The summed E-state index contributed by atoms with van der Waals surface area (Å²) >= 11 is 0. The summed E-state index contributed by atoms with van der Waals surface area (Å²) in [5.41, 5.74) is 10.3. The molecule has 4 heteroatoms. The van der Waals surface area contributed by atoms with Gasteiger partial charge in [0.25, 0.3) is 0 Å². The molecule has 100 valence electrons. The summed E-state index contributed by atoms with van der Waals surface area (Å²) in [4.78, 5) is 13.5. The number of primary amides is 1. The third kappa shape index (κ3) is 4.64. The fraction of sp³-hybridized carbons (Fsp3) is 0.923. The molecule has 0 aromatic heterocycles. The van der Waals surface area contributed by atoms with E-state index in [0.29, 0.717) is 6.54 Å². The molecular formula is C13H27N3O. The summed E-state index contributed by atoms with van der Waals surface area (Å²) in [5.74, 6) is 0.439. The van der Waals surface area contributed by atoms with E-state index in [1.54, 1.807) is 6.92 Å². The summed E-state index contributed by atoms with van der Waals surface area (Å²) in [6, 6.07) is 0. The van der Waals surface area contributed by atoms with Crippen LogP contribution in [0.25, 0.3) is 0 Å². The van der Waals surface area contributed by atoms with Crippen LogP contribution in [0.1, 0.15) is 46.0 Å². The number of amides is 1. The fourth-order valence-electron chi connectivity index (χ4n) is 2.62. The van der Waals surface area contributed by atoms with Gasteiger partial charge in [0.2, 0.25) is 5.91 Å². The van der Waals surface area contributed by atoms with Crippen molar-refractivity contribution in [3.05, 3.63) is 0 Å². The summed E-state index contributed by atoms with van der Waals surface area (Å²) in [5, 5.41) is 0. The SMILES string of the molecule is CCCC1CCCN(CC(C)(N)C(N)=O)CC1. The highest BCUT2D eigenvalue weighted by Crippen LogP contribution is 2.22. The van der Waals surface area contributed by atoms with Gasteiger partial charge in [0.1, 0.15) is 5.54 Å². The maximum Gasteiger partial charge on any atom is 0.238 e. The second-order valence-electron chi connectivity index (χ2n) is 5.64. The van der Waals surface area contributed by atoms with Gasteiger partial charge in [-0.25, -0.2) is 0 Å². The molecule has 4 N–H and O–H groups in total. The van der Waals surface area contributed by atoms with E-state index in [1.165, 1.54) is 32.1 Å². The largest absolute Gasteiger partial charge is 0.368 e. The van der Waals surface area contributed by atoms with Crippen LogP contribution >= 0.6 is 0 Å². The van der Waals surface area contributed by atoms with Gasteiger partial charge in [-0.2, -0.15) is 0 Å². The molecule has 1 aliphatic rings. The average molecular weight is 241 g/mol. The molecule has 0 saturated carbocycles. The minimum absolute atomic E-state index is 0.410.